The van der Waals surface area contributed by atoms with Crippen molar-refractivity contribution in [3.05, 3.63) is 65.2 Å². The predicted octanol–water partition coefficient (Wildman–Crippen LogP) is 3.10. The lowest BCUT2D eigenvalue weighted by Crippen LogP contribution is -2.41. The summed E-state index contributed by atoms with van der Waals surface area (Å²) in [7, 11) is 5.97. The zero-order valence-electron chi connectivity index (χ0n) is 15.2. The Morgan fingerprint density at radius 3 is 2.36 bits per heavy atom. The van der Waals surface area contributed by atoms with Gasteiger partial charge in [-0.2, -0.15) is 0 Å². The third-order valence-corrected chi connectivity index (χ3v) is 4.58. The summed E-state index contributed by atoms with van der Waals surface area (Å²) in [6.45, 7) is 1.47. The fraction of sp³-hybridized carbons (Fsp3) is 0.381. The Morgan fingerprint density at radius 1 is 1.00 bits per heavy atom. The molecule has 0 radical (unpaired) electrons. The maximum absolute atomic E-state index is 12.8. The molecule has 0 bridgehead atoms. The number of nitrogens with zero attached hydrogens (tertiary/aromatic N) is 2. The van der Waals surface area contributed by atoms with Gasteiger partial charge in [0.15, 0.2) is 6.10 Å². The molecule has 0 saturated heterocycles. The first-order valence-corrected chi connectivity index (χ1v) is 8.75. The Labute approximate surface area is 150 Å². The summed E-state index contributed by atoms with van der Waals surface area (Å²) in [6.07, 6.45) is 1.23. The summed E-state index contributed by atoms with van der Waals surface area (Å²) < 4.78 is 5.95. The maximum Gasteiger partial charge on any atom is 0.263 e. The second-order valence-electron chi connectivity index (χ2n) is 6.95. The highest BCUT2D eigenvalue weighted by Crippen LogP contribution is 2.28. The molecule has 0 saturated carbocycles. The second-order valence-corrected chi connectivity index (χ2v) is 6.95. The van der Waals surface area contributed by atoms with Gasteiger partial charge in [0.1, 0.15) is 5.75 Å². The van der Waals surface area contributed by atoms with Gasteiger partial charge in [0.05, 0.1) is 0 Å². The summed E-state index contributed by atoms with van der Waals surface area (Å²) in [5.74, 6) is 0.891. The van der Waals surface area contributed by atoms with Crippen LogP contribution in [-0.4, -0.2) is 43.0 Å². The van der Waals surface area contributed by atoms with Crippen LogP contribution in [0.15, 0.2) is 48.5 Å². The highest BCUT2D eigenvalue weighted by molar-refractivity contribution is 5.81. The summed E-state index contributed by atoms with van der Waals surface area (Å²) in [4.78, 5) is 16.8. The van der Waals surface area contributed by atoms with Crippen LogP contribution in [0.25, 0.3) is 0 Å². The van der Waals surface area contributed by atoms with Crippen molar-refractivity contribution in [3.63, 3.8) is 0 Å². The zero-order chi connectivity index (χ0) is 17.8. The van der Waals surface area contributed by atoms with Crippen molar-refractivity contribution < 1.29 is 9.53 Å². The van der Waals surface area contributed by atoms with Gasteiger partial charge >= 0.3 is 0 Å². The number of para-hydroxylation sites is 1. The molecule has 0 aromatic heterocycles. The van der Waals surface area contributed by atoms with Gasteiger partial charge in [-0.05, 0) is 49.7 Å². The monoisotopic (exact) mass is 338 g/mol. The van der Waals surface area contributed by atoms with Crippen molar-refractivity contribution >= 4 is 5.91 Å². The minimum Gasteiger partial charge on any atom is -0.480 e. The van der Waals surface area contributed by atoms with E-state index in [1.165, 1.54) is 16.7 Å². The number of hydrogen-bond donors (Lipinski definition) is 0. The van der Waals surface area contributed by atoms with Crippen LogP contribution < -0.4 is 4.74 Å². The fourth-order valence-electron chi connectivity index (χ4n) is 3.28. The number of carbonyl (C=O) groups excluding carboxylic acids is 1. The molecule has 1 heterocycles. The van der Waals surface area contributed by atoms with E-state index in [1.54, 1.807) is 4.90 Å². The van der Waals surface area contributed by atoms with Gasteiger partial charge in [-0.15, -0.1) is 0 Å². The molecule has 0 spiro atoms. The number of likely N-dealkylation sites (N-methyl/N-ethyl adjacent to an activating group) is 1. The molecule has 0 fully saturated rings. The first-order valence-electron chi connectivity index (χ1n) is 8.75. The first kappa shape index (κ1) is 17.5. The molecule has 2 aromatic carbocycles. The molecule has 3 rings (SSSR count). The molecule has 1 amide bonds. The third-order valence-electron chi connectivity index (χ3n) is 4.58. The molecule has 0 unspecified atom stereocenters. The zero-order valence-corrected chi connectivity index (χ0v) is 15.2. The molecule has 1 aliphatic heterocycles. The number of rotatable bonds is 5. The van der Waals surface area contributed by atoms with E-state index in [-0.39, 0.29) is 12.0 Å². The van der Waals surface area contributed by atoms with E-state index >= 15 is 0 Å². The van der Waals surface area contributed by atoms with Crippen LogP contribution in [0.5, 0.6) is 5.75 Å². The van der Waals surface area contributed by atoms with Gasteiger partial charge in [0.25, 0.3) is 5.91 Å². The predicted molar refractivity (Wildman–Crippen MR) is 99.5 cm³/mol. The third kappa shape index (κ3) is 4.20. The Kier molecular flexibility index (Phi) is 5.39. The number of amides is 1. The number of ether oxygens (including phenoxy) is 1. The number of carbonyl (C=O) groups is 1. The van der Waals surface area contributed by atoms with E-state index in [0.29, 0.717) is 6.54 Å². The first-order chi connectivity index (χ1) is 12.0. The topological polar surface area (TPSA) is 32.8 Å². The van der Waals surface area contributed by atoms with E-state index in [0.717, 1.165) is 25.1 Å². The van der Waals surface area contributed by atoms with Crippen molar-refractivity contribution in [2.24, 2.45) is 0 Å². The Hall–Kier alpha value is -2.33. The molecule has 2 aromatic rings. The quantitative estimate of drug-likeness (QED) is 0.840. The highest BCUT2D eigenvalue weighted by Gasteiger charge is 2.28. The van der Waals surface area contributed by atoms with Crippen LogP contribution >= 0.6 is 0 Å². The smallest absolute Gasteiger partial charge is 0.263 e. The van der Waals surface area contributed by atoms with E-state index in [2.05, 4.69) is 37.2 Å². The molecular formula is C21H26N2O2. The van der Waals surface area contributed by atoms with Crippen LogP contribution in [0.3, 0.4) is 0 Å². The van der Waals surface area contributed by atoms with Gasteiger partial charge < -0.3 is 14.5 Å². The Morgan fingerprint density at radius 2 is 1.64 bits per heavy atom. The molecule has 25 heavy (non-hydrogen) atoms. The van der Waals surface area contributed by atoms with Crippen LogP contribution in [-0.2, 0) is 24.3 Å². The lowest BCUT2D eigenvalue weighted by atomic mass is 10.0. The Bertz CT molecular complexity index is 742. The van der Waals surface area contributed by atoms with Gasteiger partial charge in [-0.3, -0.25) is 4.79 Å². The fourth-order valence-corrected chi connectivity index (χ4v) is 3.28. The van der Waals surface area contributed by atoms with Crippen LogP contribution in [0.4, 0.5) is 0 Å². The van der Waals surface area contributed by atoms with Crippen molar-refractivity contribution in [2.75, 3.05) is 21.1 Å². The maximum atomic E-state index is 12.8. The molecule has 4 heteroatoms. The molecule has 0 N–H and O–H groups in total. The summed E-state index contributed by atoms with van der Waals surface area (Å²) in [6, 6.07) is 16.3. The highest BCUT2D eigenvalue weighted by atomic mass is 16.5. The van der Waals surface area contributed by atoms with Crippen LogP contribution in [0, 0.1) is 0 Å². The lowest BCUT2D eigenvalue weighted by molar-refractivity contribution is -0.138. The molecule has 1 aliphatic rings. The van der Waals surface area contributed by atoms with E-state index in [9.17, 15) is 4.79 Å². The average molecular weight is 338 g/mol. The summed E-state index contributed by atoms with van der Waals surface area (Å²) in [5.41, 5.74) is 3.62. The van der Waals surface area contributed by atoms with Gasteiger partial charge in [-0.1, -0.05) is 42.5 Å². The summed E-state index contributed by atoms with van der Waals surface area (Å²) in [5, 5.41) is 0. The minimum absolute atomic E-state index is 0.0501. The standard InChI is InChI=1S/C21H26N2O2/c1-22(2)14-17-9-4-5-10-18(17)15-23(3)21(24)20-13-12-16-8-6-7-11-19(16)25-20/h4-11,20H,12-15H2,1-3H3/t20-/m0/s1. The average Bonchev–Trinajstić information content (AvgIpc) is 2.62. The van der Waals surface area contributed by atoms with E-state index < -0.39 is 0 Å². The largest absolute Gasteiger partial charge is 0.480 e. The van der Waals surface area contributed by atoms with Gasteiger partial charge in [0, 0.05) is 20.1 Å². The molecule has 0 aliphatic carbocycles. The van der Waals surface area contributed by atoms with Crippen molar-refractivity contribution in [3.8, 4) is 5.75 Å². The minimum atomic E-state index is -0.388. The Balaban J connectivity index is 1.68. The SMILES string of the molecule is CN(C)Cc1ccccc1CN(C)C(=O)[C@@H]1CCc2ccccc2O1. The van der Waals surface area contributed by atoms with Crippen molar-refractivity contribution in [1.29, 1.82) is 0 Å². The molecular weight excluding hydrogens is 312 g/mol. The van der Waals surface area contributed by atoms with Crippen molar-refractivity contribution in [2.45, 2.75) is 32.0 Å². The van der Waals surface area contributed by atoms with Crippen LogP contribution in [0.1, 0.15) is 23.1 Å². The number of benzene rings is 2. The number of aryl methyl sites for hydroxylation is 1. The molecule has 1 atom stereocenters. The van der Waals surface area contributed by atoms with E-state index in [1.807, 2.05) is 37.4 Å². The van der Waals surface area contributed by atoms with E-state index in [4.69, 9.17) is 4.74 Å². The number of fused-ring (bicyclic) bond motifs is 1. The normalized spacial score (nSPS) is 16.2. The van der Waals surface area contributed by atoms with Gasteiger partial charge in [0.2, 0.25) is 0 Å². The van der Waals surface area contributed by atoms with Gasteiger partial charge in [-0.25, -0.2) is 0 Å². The van der Waals surface area contributed by atoms with Crippen LogP contribution in [0.2, 0.25) is 0 Å². The number of hydrogen-bond acceptors (Lipinski definition) is 3. The van der Waals surface area contributed by atoms with Crippen molar-refractivity contribution in [1.82, 2.24) is 9.80 Å². The summed E-state index contributed by atoms with van der Waals surface area (Å²) >= 11 is 0. The molecule has 132 valence electrons. The lowest BCUT2D eigenvalue weighted by Gasteiger charge is -2.29. The second kappa shape index (κ2) is 7.70. The molecule has 4 nitrogen and oxygen atoms in total.